The molecule has 0 saturated carbocycles. The molecule has 3 N–H and O–H groups in total. The largest absolute Gasteiger partial charge is 0.506 e. The van der Waals surface area contributed by atoms with E-state index in [9.17, 15) is 20.1 Å². The Hall–Kier alpha value is -1.92. The van der Waals surface area contributed by atoms with Crippen molar-refractivity contribution in [2.75, 3.05) is 0 Å². The number of allylic oxidation sites excluding steroid dienone is 1. The van der Waals surface area contributed by atoms with Gasteiger partial charge in [0.15, 0.2) is 0 Å². The molecule has 0 aliphatic rings. The maximum atomic E-state index is 12.9. The number of ether oxygens (including phenoxy) is 1. The minimum Gasteiger partial charge on any atom is -0.506 e. The van der Waals surface area contributed by atoms with Crippen LogP contribution in [0.3, 0.4) is 0 Å². The zero-order chi connectivity index (χ0) is 24.5. The van der Waals surface area contributed by atoms with Crippen molar-refractivity contribution in [2.45, 2.75) is 124 Å². The third kappa shape index (κ3) is 11.2. The van der Waals surface area contributed by atoms with Gasteiger partial charge in [0, 0.05) is 17.3 Å². The lowest BCUT2D eigenvalue weighted by Gasteiger charge is -2.18. The second-order valence-electron chi connectivity index (χ2n) is 8.85. The Labute approximate surface area is 200 Å². The highest BCUT2D eigenvalue weighted by atomic mass is 16.6. The molecule has 188 valence electrons. The Kier molecular flexibility index (Phi) is 15.5. The minimum atomic E-state index is -1.66. The van der Waals surface area contributed by atoms with E-state index in [1.165, 1.54) is 51.1 Å². The molecule has 0 fully saturated rings. The summed E-state index contributed by atoms with van der Waals surface area (Å²) in [6.07, 6.45) is 16.9. The first-order chi connectivity index (χ1) is 16.0. The summed E-state index contributed by atoms with van der Waals surface area (Å²) in [4.78, 5) is 16.9. The number of aliphatic hydroxyl groups excluding tert-OH is 2. The highest BCUT2D eigenvalue weighted by molar-refractivity contribution is 5.88. The highest BCUT2D eigenvalue weighted by Gasteiger charge is 2.24. The van der Waals surface area contributed by atoms with E-state index in [1.807, 2.05) is 6.08 Å². The molecule has 0 aliphatic carbocycles. The number of carbonyl (C=O) groups is 1. The number of aromatic hydroxyl groups is 1. The lowest BCUT2D eigenvalue weighted by Crippen LogP contribution is -2.15. The maximum absolute atomic E-state index is 12.9. The summed E-state index contributed by atoms with van der Waals surface area (Å²) in [7, 11) is 0. The summed E-state index contributed by atoms with van der Waals surface area (Å²) >= 11 is 0. The topological polar surface area (TPSA) is 99.9 Å². The average Bonchev–Trinajstić information content (AvgIpc) is 2.80. The lowest BCUT2D eigenvalue weighted by molar-refractivity contribution is -0.164. The molecule has 1 unspecified atom stereocenters. The summed E-state index contributed by atoms with van der Waals surface area (Å²) in [5, 5.41) is 30.4. The predicted octanol–water partition coefficient (Wildman–Crippen LogP) is 6.55. The molecule has 1 aromatic rings. The third-order valence-corrected chi connectivity index (χ3v) is 6.00. The number of hydrogen-bond donors (Lipinski definition) is 3. The van der Waals surface area contributed by atoms with Gasteiger partial charge in [-0.2, -0.15) is 0 Å². The molecule has 1 atom stereocenters. The van der Waals surface area contributed by atoms with E-state index in [0.717, 1.165) is 38.5 Å². The Balaban J connectivity index is 2.76. The van der Waals surface area contributed by atoms with Gasteiger partial charge in [-0.05, 0) is 32.6 Å². The van der Waals surface area contributed by atoms with Crippen molar-refractivity contribution in [3.63, 3.8) is 0 Å². The van der Waals surface area contributed by atoms with Gasteiger partial charge in [-0.1, -0.05) is 84.1 Å². The summed E-state index contributed by atoms with van der Waals surface area (Å²) in [6, 6.07) is 0. The van der Waals surface area contributed by atoms with Crippen LogP contribution in [0.5, 0.6) is 5.75 Å². The fourth-order valence-corrected chi connectivity index (χ4v) is 3.87. The van der Waals surface area contributed by atoms with Crippen LogP contribution < -0.4 is 0 Å². The maximum Gasteiger partial charge on any atom is 0.336 e. The predicted molar refractivity (Wildman–Crippen MR) is 132 cm³/mol. The number of aromatic nitrogens is 1. The number of pyridine rings is 1. The van der Waals surface area contributed by atoms with Crippen LogP contribution in [0.4, 0.5) is 0 Å². The number of nitrogens with zero attached hydrogens (tertiary/aromatic N) is 1. The van der Waals surface area contributed by atoms with Gasteiger partial charge in [0.2, 0.25) is 6.29 Å². The lowest BCUT2D eigenvalue weighted by atomic mass is 10.0. The van der Waals surface area contributed by atoms with E-state index < -0.39 is 18.9 Å². The van der Waals surface area contributed by atoms with Crippen LogP contribution in [0.15, 0.2) is 17.8 Å². The number of aryl methyl sites for hydroxylation is 1. The molecular formula is C27H45NO5. The fraction of sp³-hybridized carbons (Fsp3) is 0.704. The number of aliphatic hydroxyl groups is 2. The number of unbranched alkanes of at least 4 members (excludes halogenated alkanes) is 11. The van der Waals surface area contributed by atoms with Crippen LogP contribution in [-0.4, -0.2) is 26.3 Å². The van der Waals surface area contributed by atoms with Crippen LogP contribution in [0.1, 0.15) is 127 Å². The van der Waals surface area contributed by atoms with E-state index in [2.05, 4.69) is 18.8 Å². The number of rotatable bonds is 18. The van der Waals surface area contributed by atoms with Gasteiger partial charge in [-0.3, -0.25) is 4.98 Å². The normalized spacial score (nSPS) is 12.7. The molecule has 0 radical (unpaired) electrons. The molecule has 0 spiro atoms. The molecule has 6 heteroatoms. The van der Waals surface area contributed by atoms with E-state index in [0.29, 0.717) is 17.7 Å². The standard InChI is InChI=1S/C27H45NO5/c1-4-6-8-10-12-14-16-18-22(17-15-13-11-9-7-5-2)26(31)33-27(32)24-23(20-29)19-28-21(3)25(24)30/h18-19,27,29-30,32H,4-17,20H2,1-3H3. The first kappa shape index (κ1) is 29.1. The molecular weight excluding hydrogens is 418 g/mol. The summed E-state index contributed by atoms with van der Waals surface area (Å²) in [5.74, 6) is -0.838. The van der Waals surface area contributed by atoms with Gasteiger partial charge >= 0.3 is 5.97 Å². The first-order valence-corrected chi connectivity index (χ1v) is 12.8. The zero-order valence-electron chi connectivity index (χ0n) is 20.9. The monoisotopic (exact) mass is 463 g/mol. The molecule has 0 saturated heterocycles. The molecule has 6 nitrogen and oxygen atoms in total. The van der Waals surface area contributed by atoms with Crippen LogP contribution >= 0.6 is 0 Å². The van der Waals surface area contributed by atoms with E-state index in [4.69, 9.17) is 4.74 Å². The molecule has 1 heterocycles. The molecule has 0 bridgehead atoms. The van der Waals surface area contributed by atoms with Gasteiger partial charge in [-0.15, -0.1) is 0 Å². The van der Waals surface area contributed by atoms with Gasteiger partial charge < -0.3 is 20.1 Å². The molecule has 1 rings (SSSR count). The summed E-state index contributed by atoms with van der Waals surface area (Å²) in [6.45, 7) is 5.55. The van der Waals surface area contributed by atoms with Crippen LogP contribution in [-0.2, 0) is 16.1 Å². The van der Waals surface area contributed by atoms with E-state index >= 15 is 0 Å². The summed E-state index contributed by atoms with van der Waals surface area (Å²) in [5.41, 5.74) is 1.09. The summed E-state index contributed by atoms with van der Waals surface area (Å²) < 4.78 is 5.33. The van der Waals surface area contributed by atoms with Crippen LogP contribution in [0, 0.1) is 6.92 Å². The quantitative estimate of drug-likeness (QED) is 0.0988. The SMILES string of the molecule is CCCCCCCCC=C(CCCCCCCC)C(=O)OC(O)c1c(CO)cnc(C)c1O. The zero-order valence-corrected chi connectivity index (χ0v) is 20.9. The van der Waals surface area contributed by atoms with Gasteiger partial charge in [0.1, 0.15) is 5.75 Å². The molecule has 33 heavy (non-hydrogen) atoms. The molecule has 0 aromatic carbocycles. The van der Waals surface area contributed by atoms with Gasteiger partial charge in [0.05, 0.1) is 17.9 Å². The number of hydrogen-bond acceptors (Lipinski definition) is 6. The second-order valence-corrected chi connectivity index (χ2v) is 8.85. The first-order valence-electron chi connectivity index (χ1n) is 12.8. The van der Waals surface area contributed by atoms with Gasteiger partial charge in [-0.25, -0.2) is 4.79 Å². The highest BCUT2D eigenvalue weighted by Crippen LogP contribution is 2.31. The third-order valence-electron chi connectivity index (χ3n) is 6.00. The van der Waals surface area contributed by atoms with Crippen molar-refractivity contribution in [2.24, 2.45) is 0 Å². The Bertz CT molecular complexity index is 717. The van der Waals surface area contributed by atoms with E-state index in [1.54, 1.807) is 6.92 Å². The Morgan fingerprint density at radius 1 is 1.00 bits per heavy atom. The Morgan fingerprint density at radius 3 is 2.18 bits per heavy atom. The number of carbonyl (C=O) groups excluding carboxylic acids is 1. The molecule has 0 aliphatic heterocycles. The van der Waals surface area contributed by atoms with Gasteiger partial charge in [0.25, 0.3) is 0 Å². The Morgan fingerprint density at radius 2 is 1.58 bits per heavy atom. The van der Waals surface area contributed by atoms with E-state index in [-0.39, 0.29) is 16.9 Å². The number of esters is 1. The average molecular weight is 464 g/mol. The van der Waals surface area contributed by atoms with Crippen LogP contribution in [0.2, 0.25) is 0 Å². The van der Waals surface area contributed by atoms with Crippen molar-refractivity contribution >= 4 is 5.97 Å². The molecule has 1 aromatic heterocycles. The van der Waals surface area contributed by atoms with Crippen molar-refractivity contribution in [3.05, 3.63) is 34.7 Å². The van der Waals surface area contributed by atoms with Crippen LogP contribution in [0.25, 0.3) is 0 Å². The fourth-order valence-electron chi connectivity index (χ4n) is 3.87. The molecule has 0 amide bonds. The van der Waals surface area contributed by atoms with Crippen molar-refractivity contribution in [3.8, 4) is 5.75 Å². The second kappa shape index (κ2) is 17.5. The van der Waals surface area contributed by atoms with Crippen molar-refractivity contribution in [1.29, 1.82) is 0 Å². The smallest absolute Gasteiger partial charge is 0.336 e. The van der Waals surface area contributed by atoms with Crippen molar-refractivity contribution < 1.29 is 24.9 Å². The van der Waals surface area contributed by atoms with Crippen molar-refractivity contribution in [1.82, 2.24) is 4.98 Å². The minimum absolute atomic E-state index is 0.00631.